The van der Waals surface area contributed by atoms with E-state index in [-0.39, 0.29) is 17.2 Å². The zero-order valence-electron chi connectivity index (χ0n) is 16.4. The van der Waals surface area contributed by atoms with Gasteiger partial charge in [0.2, 0.25) is 0 Å². The highest BCUT2D eigenvalue weighted by Crippen LogP contribution is 2.48. The van der Waals surface area contributed by atoms with Crippen LogP contribution >= 0.6 is 0 Å². The van der Waals surface area contributed by atoms with Crippen LogP contribution < -0.4 is 9.47 Å². The fourth-order valence-corrected chi connectivity index (χ4v) is 4.63. The molecule has 30 heavy (non-hydrogen) atoms. The molecule has 3 aromatic rings. The minimum Gasteiger partial charge on any atom is -0.508 e. The van der Waals surface area contributed by atoms with Gasteiger partial charge in [0.05, 0.1) is 13.2 Å². The summed E-state index contributed by atoms with van der Waals surface area (Å²) >= 11 is 0. The van der Waals surface area contributed by atoms with Gasteiger partial charge in [0.1, 0.15) is 23.4 Å². The van der Waals surface area contributed by atoms with Crippen molar-refractivity contribution in [3.63, 3.8) is 0 Å². The largest absolute Gasteiger partial charge is 0.508 e. The van der Waals surface area contributed by atoms with Crippen LogP contribution in [0.15, 0.2) is 42.5 Å². The van der Waals surface area contributed by atoms with E-state index in [0.29, 0.717) is 29.9 Å². The molecule has 0 radical (unpaired) electrons. The molecule has 0 unspecified atom stereocenters. The Kier molecular flexibility index (Phi) is 4.25. The van der Waals surface area contributed by atoms with Crippen molar-refractivity contribution in [2.24, 2.45) is 0 Å². The summed E-state index contributed by atoms with van der Waals surface area (Å²) < 4.78 is 11.3. The number of phenolic OH excluding ortho intramolecular Hbond substituents is 3. The van der Waals surface area contributed by atoms with Crippen molar-refractivity contribution in [2.45, 2.75) is 31.5 Å². The normalized spacial score (nSPS) is 19.3. The molecule has 0 bridgehead atoms. The first-order chi connectivity index (χ1) is 14.5. The minimum absolute atomic E-state index is 0.0170. The number of aliphatic hydroxyl groups is 1. The zero-order chi connectivity index (χ0) is 21.0. The van der Waals surface area contributed by atoms with Gasteiger partial charge in [-0.05, 0) is 59.4 Å². The van der Waals surface area contributed by atoms with Crippen molar-refractivity contribution < 1.29 is 29.9 Å². The minimum atomic E-state index is -0.790. The monoisotopic (exact) mass is 406 g/mol. The van der Waals surface area contributed by atoms with Crippen LogP contribution in [0.2, 0.25) is 0 Å². The Labute approximate surface area is 173 Å². The zero-order valence-corrected chi connectivity index (χ0v) is 16.4. The number of aliphatic hydroxyl groups excluding tert-OH is 1. The van der Waals surface area contributed by atoms with Gasteiger partial charge in [0.25, 0.3) is 0 Å². The number of aromatic hydroxyl groups is 3. The molecule has 2 atom stereocenters. The van der Waals surface area contributed by atoms with Crippen molar-refractivity contribution in [1.29, 1.82) is 0 Å². The summed E-state index contributed by atoms with van der Waals surface area (Å²) in [6, 6.07) is 11.6. The van der Waals surface area contributed by atoms with Crippen molar-refractivity contribution in [3.05, 3.63) is 64.7 Å². The van der Waals surface area contributed by atoms with Crippen LogP contribution in [0.1, 0.15) is 28.4 Å². The third-order valence-electron chi connectivity index (χ3n) is 6.04. The molecule has 6 heteroatoms. The predicted molar refractivity (Wildman–Crippen MR) is 110 cm³/mol. The molecule has 2 aliphatic rings. The van der Waals surface area contributed by atoms with Crippen LogP contribution in [0.3, 0.4) is 0 Å². The Morgan fingerprint density at radius 3 is 2.57 bits per heavy atom. The van der Waals surface area contributed by atoms with Gasteiger partial charge in [0, 0.05) is 23.6 Å². The Morgan fingerprint density at radius 2 is 1.77 bits per heavy atom. The molecule has 1 heterocycles. The van der Waals surface area contributed by atoms with Gasteiger partial charge in [-0.3, -0.25) is 0 Å². The third kappa shape index (κ3) is 2.83. The van der Waals surface area contributed by atoms with Crippen LogP contribution in [0.4, 0.5) is 0 Å². The van der Waals surface area contributed by atoms with Gasteiger partial charge in [-0.2, -0.15) is 0 Å². The number of aryl methyl sites for hydroxylation is 1. The summed E-state index contributed by atoms with van der Waals surface area (Å²) in [7, 11) is 1.47. The van der Waals surface area contributed by atoms with Crippen LogP contribution in [-0.4, -0.2) is 33.6 Å². The number of benzene rings is 3. The number of phenols is 3. The maximum absolute atomic E-state index is 10.9. The van der Waals surface area contributed by atoms with Gasteiger partial charge in [-0.15, -0.1) is 0 Å². The highest BCUT2D eigenvalue weighted by molar-refractivity contribution is 5.81. The molecule has 0 spiro atoms. The van der Waals surface area contributed by atoms with Gasteiger partial charge in [0.15, 0.2) is 11.5 Å². The maximum Gasteiger partial charge on any atom is 0.160 e. The fourth-order valence-electron chi connectivity index (χ4n) is 4.63. The molecule has 4 N–H and O–H groups in total. The summed E-state index contributed by atoms with van der Waals surface area (Å²) in [6.45, 7) is 0. The van der Waals surface area contributed by atoms with Crippen molar-refractivity contribution >= 4 is 0 Å². The Bertz CT molecular complexity index is 1150. The van der Waals surface area contributed by atoms with Crippen LogP contribution in [0, 0.1) is 0 Å². The number of hydrogen-bond acceptors (Lipinski definition) is 6. The Morgan fingerprint density at radius 1 is 0.933 bits per heavy atom. The van der Waals surface area contributed by atoms with Gasteiger partial charge in [-0.25, -0.2) is 0 Å². The Hall–Kier alpha value is -3.38. The highest BCUT2D eigenvalue weighted by atomic mass is 16.5. The van der Waals surface area contributed by atoms with E-state index in [9.17, 15) is 20.4 Å². The second-order valence-electron chi connectivity index (χ2n) is 7.81. The lowest BCUT2D eigenvalue weighted by Crippen LogP contribution is -2.31. The highest BCUT2D eigenvalue weighted by Gasteiger charge is 2.35. The second-order valence-corrected chi connectivity index (χ2v) is 7.81. The molecule has 6 nitrogen and oxygen atoms in total. The number of rotatable bonds is 2. The van der Waals surface area contributed by atoms with Crippen LogP contribution in [0.5, 0.6) is 28.7 Å². The lowest BCUT2D eigenvalue weighted by atomic mass is 9.80. The standard InChI is InChI=1S/C24H22O6/c1-29-22-9-13(3-7-18(22)26)24-20(28)10-17-16-5-2-12-8-14(25)4-6-15(12)23(16)19(27)11-21(17)30-24/h3-4,6-9,11,20,24-28H,2,5,10H2,1H3/t20-,24+/m0/s1. The summed E-state index contributed by atoms with van der Waals surface area (Å²) in [4.78, 5) is 0. The number of methoxy groups -OCH3 is 1. The fraction of sp³-hybridized carbons (Fsp3) is 0.250. The predicted octanol–water partition coefficient (Wildman–Crippen LogP) is 3.61. The molecule has 0 aromatic heterocycles. The molecular formula is C24H22O6. The van der Waals surface area contributed by atoms with Crippen LogP contribution in [0.25, 0.3) is 11.1 Å². The quantitative estimate of drug-likeness (QED) is 0.519. The van der Waals surface area contributed by atoms with E-state index in [2.05, 4.69) is 0 Å². The average molecular weight is 406 g/mol. The van der Waals surface area contributed by atoms with E-state index in [0.717, 1.165) is 34.2 Å². The molecule has 1 aliphatic heterocycles. The molecule has 5 rings (SSSR count). The molecule has 0 fully saturated rings. The molecule has 3 aromatic carbocycles. The van der Waals surface area contributed by atoms with E-state index in [4.69, 9.17) is 9.47 Å². The lowest BCUT2D eigenvalue weighted by molar-refractivity contribution is 0.0202. The summed E-state index contributed by atoms with van der Waals surface area (Å²) in [5, 5.41) is 41.3. The molecule has 1 aliphatic carbocycles. The van der Waals surface area contributed by atoms with Crippen molar-refractivity contribution in [2.75, 3.05) is 7.11 Å². The van der Waals surface area contributed by atoms with Crippen molar-refractivity contribution in [3.8, 4) is 39.9 Å². The van der Waals surface area contributed by atoms with Gasteiger partial charge < -0.3 is 29.9 Å². The Balaban J connectivity index is 1.58. The molecule has 0 amide bonds. The van der Waals surface area contributed by atoms with E-state index in [1.165, 1.54) is 13.2 Å². The average Bonchev–Trinajstić information content (AvgIpc) is 2.74. The summed E-state index contributed by atoms with van der Waals surface area (Å²) in [5.41, 5.74) is 5.19. The topological polar surface area (TPSA) is 99.4 Å². The third-order valence-corrected chi connectivity index (χ3v) is 6.04. The number of hydrogen-bond donors (Lipinski definition) is 4. The molecule has 0 saturated carbocycles. The smallest absolute Gasteiger partial charge is 0.160 e. The first-order valence-electron chi connectivity index (χ1n) is 9.88. The van der Waals surface area contributed by atoms with E-state index in [1.54, 1.807) is 30.3 Å². The molecular weight excluding hydrogens is 384 g/mol. The van der Waals surface area contributed by atoms with E-state index < -0.39 is 12.2 Å². The van der Waals surface area contributed by atoms with E-state index >= 15 is 0 Å². The molecule has 154 valence electrons. The van der Waals surface area contributed by atoms with Crippen molar-refractivity contribution in [1.82, 2.24) is 0 Å². The van der Waals surface area contributed by atoms with Gasteiger partial charge in [-0.1, -0.05) is 12.1 Å². The molecule has 0 saturated heterocycles. The van der Waals surface area contributed by atoms with Gasteiger partial charge >= 0.3 is 0 Å². The maximum atomic E-state index is 10.9. The summed E-state index contributed by atoms with van der Waals surface area (Å²) in [5.74, 6) is 1.20. The first kappa shape index (κ1) is 18.6. The van der Waals surface area contributed by atoms with Crippen LogP contribution in [-0.2, 0) is 19.3 Å². The first-order valence-corrected chi connectivity index (χ1v) is 9.88. The lowest BCUT2D eigenvalue weighted by Gasteiger charge is -2.34. The summed E-state index contributed by atoms with van der Waals surface area (Å²) in [6.07, 6.45) is 0.385. The number of fused-ring (bicyclic) bond motifs is 5. The number of ether oxygens (including phenoxy) is 2. The van der Waals surface area contributed by atoms with E-state index in [1.807, 2.05) is 6.07 Å². The second kappa shape index (κ2) is 6.85. The SMILES string of the molecule is COc1cc([C@H]2Oc3cc(O)c4c(c3C[C@@H]2O)CCc2cc(O)ccc2-4)ccc1O.